The second-order valence-corrected chi connectivity index (χ2v) is 16.8. The molecule has 0 saturated heterocycles. The fourth-order valence-corrected chi connectivity index (χ4v) is 10.5. The Morgan fingerprint density at radius 2 is 1.20 bits per heavy atom. The molecule has 0 unspecified atom stereocenters. The second kappa shape index (κ2) is 14.6. The van der Waals surface area contributed by atoms with Crippen molar-refractivity contribution < 1.29 is 0 Å². The molecule has 4 heterocycles. The van der Waals surface area contributed by atoms with E-state index in [0.717, 1.165) is 72.4 Å². The molecule has 0 atom stereocenters. The van der Waals surface area contributed by atoms with Crippen LogP contribution in [0.5, 0.6) is 0 Å². The van der Waals surface area contributed by atoms with Crippen LogP contribution in [0.15, 0.2) is 192 Å². The Labute approximate surface area is 349 Å². The number of benzene rings is 7. The average molecular weight is 789 g/mol. The number of rotatable bonds is 6. The highest BCUT2D eigenvalue weighted by Gasteiger charge is 2.18. The molecule has 10 aromatic rings. The highest BCUT2D eigenvalue weighted by atomic mass is 32.1. The monoisotopic (exact) mass is 788 g/mol. The summed E-state index contributed by atoms with van der Waals surface area (Å²) in [7, 11) is 0. The number of hydrogen-bond acceptors (Lipinski definition) is 6. The van der Waals surface area contributed by atoms with Crippen LogP contribution in [0.1, 0.15) is 28.7 Å². The van der Waals surface area contributed by atoms with Crippen molar-refractivity contribution in [1.29, 1.82) is 5.26 Å². The van der Waals surface area contributed by atoms with Crippen LogP contribution in [-0.4, -0.2) is 16.5 Å². The molecule has 6 heteroatoms. The highest BCUT2D eigenvalue weighted by Crippen LogP contribution is 2.43. The van der Waals surface area contributed by atoms with Crippen LogP contribution in [0.4, 0.5) is 0 Å². The van der Waals surface area contributed by atoms with Crippen molar-refractivity contribution in [2.75, 3.05) is 0 Å². The second-order valence-electron chi connectivity index (χ2n) is 14.6. The predicted molar refractivity (Wildman–Crippen MR) is 250 cm³/mol. The van der Waals surface area contributed by atoms with Crippen LogP contribution in [-0.2, 0) is 0 Å². The zero-order chi connectivity index (χ0) is 39.3. The molecule has 1 aliphatic heterocycles. The van der Waals surface area contributed by atoms with E-state index in [1.807, 2.05) is 42.6 Å². The number of amidine groups is 1. The average Bonchev–Trinajstić information content (AvgIpc) is 3.79. The van der Waals surface area contributed by atoms with Crippen molar-refractivity contribution in [3.05, 3.63) is 204 Å². The molecule has 59 heavy (non-hydrogen) atoms. The minimum Gasteiger partial charge on any atom is -0.256 e. The predicted octanol–water partition coefficient (Wildman–Crippen LogP) is 14.4. The first-order chi connectivity index (χ1) is 29.2. The minimum atomic E-state index is 0.637. The summed E-state index contributed by atoms with van der Waals surface area (Å²) in [4.78, 5) is 15.3. The van der Waals surface area contributed by atoms with E-state index in [0.29, 0.717) is 17.8 Å². The molecule has 11 rings (SSSR count). The maximum atomic E-state index is 10.2. The topological polar surface area (TPSA) is 61.4 Å². The third-order valence-corrected chi connectivity index (χ3v) is 13.4. The largest absolute Gasteiger partial charge is 0.256 e. The fourth-order valence-electron chi connectivity index (χ4n) is 8.17. The summed E-state index contributed by atoms with van der Waals surface area (Å²) in [5.74, 6) is 0.683. The van der Waals surface area contributed by atoms with Crippen molar-refractivity contribution in [2.24, 2.45) is 9.98 Å². The number of nitrogens with zero attached hydrogens (tertiary/aromatic N) is 4. The van der Waals surface area contributed by atoms with Gasteiger partial charge in [-0.3, -0.25) is 4.98 Å². The van der Waals surface area contributed by atoms with Gasteiger partial charge in [0, 0.05) is 64.1 Å². The molecule has 0 N–H and O–H groups in total. The molecule has 3 aromatic heterocycles. The summed E-state index contributed by atoms with van der Waals surface area (Å²) in [5, 5.41) is 15.0. The van der Waals surface area contributed by atoms with Crippen LogP contribution in [0, 0.1) is 11.3 Å². The first-order valence-electron chi connectivity index (χ1n) is 19.5. The maximum absolute atomic E-state index is 10.2. The smallest absolute Gasteiger partial charge is 0.160 e. The van der Waals surface area contributed by atoms with Crippen LogP contribution in [0.2, 0.25) is 0 Å². The van der Waals surface area contributed by atoms with Crippen LogP contribution < -0.4 is 0 Å². The lowest BCUT2D eigenvalue weighted by atomic mass is 9.94. The van der Waals surface area contributed by atoms with Crippen molar-refractivity contribution in [1.82, 2.24) is 4.98 Å². The third-order valence-electron chi connectivity index (χ3n) is 11.0. The minimum absolute atomic E-state index is 0.637. The number of hydrogen-bond donors (Lipinski definition) is 0. The van der Waals surface area contributed by atoms with Gasteiger partial charge < -0.3 is 0 Å². The van der Waals surface area contributed by atoms with E-state index in [4.69, 9.17) is 15.0 Å². The Hall–Kier alpha value is -7.30. The molecular formula is C53H32N4S2. The molecule has 7 aromatic carbocycles. The molecule has 0 aliphatic carbocycles. The number of fused-ring (bicyclic) bond motifs is 6. The lowest BCUT2D eigenvalue weighted by molar-refractivity contribution is 1.36. The number of aliphatic imine (C=N–C) groups is 2. The summed E-state index contributed by atoms with van der Waals surface area (Å²) < 4.78 is 4.87. The third kappa shape index (κ3) is 6.34. The molecule has 0 saturated carbocycles. The number of pyridine rings is 1. The lowest BCUT2D eigenvalue weighted by Gasteiger charge is -2.10. The molecule has 4 nitrogen and oxygen atoms in total. The van der Waals surface area contributed by atoms with E-state index in [9.17, 15) is 5.26 Å². The summed E-state index contributed by atoms with van der Waals surface area (Å²) >= 11 is 3.58. The maximum Gasteiger partial charge on any atom is 0.160 e. The van der Waals surface area contributed by atoms with Gasteiger partial charge in [-0.1, -0.05) is 133 Å². The normalized spacial score (nSPS) is 13.0. The molecule has 0 radical (unpaired) electrons. The first-order valence-corrected chi connectivity index (χ1v) is 21.2. The Bertz CT molecular complexity index is 3400. The highest BCUT2D eigenvalue weighted by molar-refractivity contribution is 7.26. The van der Waals surface area contributed by atoms with E-state index in [2.05, 4.69) is 146 Å². The Balaban J connectivity index is 0.994. The van der Waals surface area contributed by atoms with E-state index in [1.165, 1.54) is 29.6 Å². The first kappa shape index (κ1) is 34.9. The lowest BCUT2D eigenvalue weighted by Crippen LogP contribution is -2.05. The van der Waals surface area contributed by atoms with Gasteiger partial charge in [0.1, 0.15) is 0 Å². The van der Waals surface area contributed by atoms with Crippen molar-refractivity contribution in [2.45, 2.75) is 6.42 Å². The number of thiophene rings is 2. The SMILES string of the molecule is N#Cc1cc(-c2ccc3sc4ccnc(-c5ccc(C6=NC(c7ccccc7)=CCC(c7ccccc7)=N6)cc5)c4c3c2)cc(-c2cccc3c2sc2ccccc23)c1. The molecule has 1 aliphatic rings. The Morgan fingerprint density at radius 1 is 0.492 bits per heavy atom. The number of allylic oxidation sites excluding steroid dienone is 1. The molecule has 0 fully saturated rings. The zero-order valence-corrected chi connectivity index (χ0v) is 33.3. The Morgan fingerprint density at radius 3 is 2.03 bits per heavy atom. The Kier molecular flexibility index (Phi) is 8.62. The van der Waals surface area contributed by atoms with E-state index in [1.54, 1.807) is 22.7 Å². The van der Waals surface area contributed by atoms with Crippen LogP contribution in [0.25, 0.3) is 79.6 Å². The summed E-state index contributed by atoms with van der Waals surface area (Å²) in [6, 6.07) is 61.7. The van der Waals surface area contributed by atoms with Gasteiger partial charge in [-0.25, -0.2) is 9.98 Å². The summed E-state index contributed by atoms with van der Waals surface area (Å²) in [6.07, 6.45) is 4.76. The van der Waals surface area contributed by atoms with Gasteiger partial charge in [-0.05, 0) is 75.8 Å². The van der Waals surface area contributed by atoms with E-state index < -0.39 is 0 Å². The number of nitriles is 1. The quantitative estimate of drug-likeness (QED) is 0.168. The van der Waals surface area contributed by atoms with Crippen LogP contribution in [0.3, 0.4) is 0 Å². The van der Waals surface area contributed by atoms with Gasteiger partial charge in [0.05, 0.1) is 28.7 Å². The molecule has 276 valence electrons. The summed E-state index contributed by atoms with van der Waals surface area (Å²) in [5.41, 5.74) is 11.8. The van der Waals surface area contributed by atoms with Crippen molar-refractivity contribution in [3.63, 3.8) is 0 Å². The fraction of sp³-hybridized carbons (Fsp3) is 0.0189. The number of aromatic nitrogens is 1. The van der Waals surface area contributed by atoms with Crippen molar-refractivity contribution >= 4 is 80.3 Å². The van der Waals surface area contributed by atoms with Gasteiger partial charge in [0.2, 0.25) is 0 Å². The van der Waals surface area contributed by atoms with Gasteiger partial charge in [-0.15, -0.1) is 22.7 Å². The zero-order valence-electron chi connectivity index (χ0n) is 31.6. The van der Waals surface area contributed by atoms with Gasteiger partial charge in [0.15, 0.2) is 5.84 Å². The van der Waals surface area contributed by atoms with Crippen LogP contribution >= 0.6 is 22.7 Å². The van der Waals surface area contributed by atoms with Gasteiger partial charge >= 0.3 is 0 Å². The molecular weight excluding hydrogens is 757 g/mol. The van der Waals surface area contributed by atoms with E-state index in [-0.39, 0.29) is 0 Å². The van der Waals surface area contributed by atoms with Gasteiger partial charge in [0.25, 0.3) is 0 Å². The molecule has 0 amide bonds. The molecule has 0 bridgehead atoms. The van der Waals surface area contributed by atoms with Gasteiger partial charge in [-0.2, -0.15) is 5.26 Å². The van der Waals surface area contributed by atoms with Crippen molar-refractivity contribution in [3.8, 4) is 39.6 Å². The summed E-state index contributed by atoms with van der Waals surface area (Å²) in [6.45, 7) is 0. The standard InChI is InChI=1S/C53H32N4S2/c54-32-33-28-39(30-40(29-33)41-15-9-16-43-42-14-7-8-17-47(42)59-52(41)43)38-22-25-48-44(31-38)50-49(58-48)26-27-55-51(50)36-18-20-37(21-19-36)53-56-45(34-10-3-1-4-11-34)23-24-46(57-53)35-12-5-2-6-13-35/h1-23,25-31H,24H2. The van der Waals surface area contributed by atoms with E-state index >= 15 is 0 Å². The molecule has 0 spiro atoms.